The summed E-state index contributed by atoms with van der Waals surface area (Å²) in [5, 5.41) is 1.57. The number of amides is 1. The molecule has 0 atom stereocenters. The number of nitrogens with zero attached hydrogens (tertiary/aromatic N) is 2. The molecule has 0 radical (unpaired) electrons. The highest BCUT2D eigenvalue weighted by Gasteiger charge is 2.32. The summed E-state index contributed by atoms with van der Waals surface area (Å²) in [7, 11) is 5.00. The van der Waals surface area contributed by atoms with E-state index in [1.54, 1.807) is 44.3 Å². The van der Waals surface area contributed by atoms with Gasteiger partial charge < -0.3 is 14.4 Å². The summed E-state index contributed by atoms with van der Waals surface area (Å²) >= 11 is 19.6. The standard InChI is InChI=1S/C20H17Cl2IN2O3S/c1-24-16(19(26)25(2)20(24)29)7-11-6-15(23)18(17(8-11)27-3)28-10-12-4-5-13(21)9-14(12)22/h4-9H,10H2,1-3H3/b16-7-. The molecular formula is C20H17Cl2IN2O3S. The van der Waals surface area contributed by atoms with Crippen LogP contribution in [0.25, 0.3) is 6.08 Å². The van der Waals surface area contributed by atoms with E-state index < -0.39 is 0 Å². The minimum Gasteiger partial charge on any atom is -0.493 e. The second kappa shape index (κ2) is 9.07. The highest BCUT2D eigenvalue weighted by molar-refractivity contribution is 14.1. The molecule has 5 nitrogen and oxygen atoms in total. The lowest BCUT2D eigenvalue weighted by molar-refractivity contribution is -0.121. The van der Waals surface area contributed by atoms with Crippen LogP contribution >= 0.6 is 58.0 Å². The molecule has 2 aromatic carbocycles. The zero-order valence-corrected chi connectivity index (χ0v) is 20.3. The van der Waals surface area contributed by atoms with Crippen LogP contribution < -0.4 is 9.47 Å². The average Bonchev–Trinajstić information content (AvgIpc) is 2.86. The zero-order valence-electron chi connectivity index (χ0n) is 15.8. The first-order valence-electron chi connectivity index (χ1n) is 8.44. The predicted molar refractivity (Wildman–Crippen MR) is 128 cm³/mol. The van der Waals surface area contributed by atoms with Gasteiger partial charge in [0.2, 0.25) is 0 Å². The lowest BCUT2D eigenvalue weighted by atomic mass is 10.1. The van der Waals surface area contributed by atoms with E-state index in [0.717, 1.165) is 14.7 Å². The maximum Gasteiger partial charge on any atom is 0.276 e. The number of carbonyl (C=O) groups is 1. The Kier molecular flexibility index (Phi) is 6.93. The van der Waals surface area contributed by atoms with Crippen LogP contribution in [0.5, 0.6) is 11.5 Å². The monoisotopic (exact) mass is 562 g/mol. The van der Waals surface area contributed by atoms with Gasteiger partial charge in [-0.2, -0.15) is 0 Å². The Morgan fingerprint density at radius 3 is 2.48 bits per heavy atom. The summed E-state index contributed by atoms with van der Waals surface area (Å²) in [6.45, 7) is 0.267. The Morgan fingerprint density at radius 1 is 1.17 bits per heavy atom. The van der Waals surface area contributed by atoms with Gasteiger partial charge in [-0.05, 0) is 70.7 Å². The third-order valence-electron chi connectivity index (χ3n) is 4.40. The summed E-state index contributed by atoms with van der Waals surface area (Å²) in [6.07, 6.45) is 1.78. The van der Waals surface area contributed by atoms with Gasteiger partial charge in [0.1, 0.15) is 12.3 Å². The minimum absolute atomic E-state index is 0.149. The first-order valence-corrected chi connectivity index (χ1v) is 10.7. The molecule has 9 heteroatoms. The van der Waals surface area contributed by atoms with Crippen molar-refractivity contribution in [3.63, 3.8) is 0 Å². The van der Waals surface area contributed by atoms with E-state index in [1.807, 2.05) is 18.2 Å². The molecule has 1 fully saturated rings. The number of benzene rings is 2. The Hall–Kier alpha value is -1.55. The summed E-state index contributed by atoms with van der Waals surface area (Å²) in [6, 6.07) is 8.99. The molecule has 0 aliphatic carbocycles. The molecule has 0 saturated carbocycles. The molecule has 0 aromatic heterocycles. The molecule has 0 bridgehead atoms. The van der Waals surface area contributed by atoms with Gasteiger partial charge in [-0.1, -0.05) is 29.3 Å². The van der Waals surface area contributed by atoms with Crippen LogP contribution in [-0.4, -0.2) is 42.0 Å². The van der Waals surface area contributed by atoms with Crippen molar-refractivity contribution >= 4 is 75.1 Å². The average molecular weight is 563 g/mol. The Morgan fingerprint density at radius 2 is 1.90 bits per heavy atom. The summed E-state index contributed by atoms with van der Waals surface area (Å²) in [4.78, 5) is 15.5. The summed E-state index contributed by atoms with van der Waals surface area (Å²) in [5.74, 6) is 1.00. The first-order chi connectivity index (χ1) is 13.7. The number of hydrogen-bond donors (Lipinski definition) is 0. The van der Waals surface area contributed by atoms with Gasteiger partial charge in [0.15, 0.2) is 16.6 Å². The number of ether oxygens (including phenoxy) is 2. The van der Waals surface area contributed by atoms with Crippen molar-refractivity contribution in [3.05, 3.63) is 60.8 Å². The molecule has 1 aliphatic rings. The minimum atomic E-state index is -0.149. The third-order valence-corrected chi connectivity index (χ3v) is 6.34. The predicted octanol–water partition coefficient (Wildman–Crippen LogP) is 5.22. The fraction of sp³-hybridized carbons (Fsp3) is 0.200. The van der Waals surface area contributed by atoms with Crippen LogP contribution in [0.4, 0.5) is 0 Å². The number of carbonyl (C=O) groups excluding carboxylic acids is 1. The second-order valence-corrected chi connectivity index (χ2v) is 8.66. The molecule has 0 N–H and O–H groups in total. The van der Waals surface area contributed by atoms with Crippen LogP contribution in [0, 0.1) is 3.57 Å². The van der Waals surface area contributed by atoms with Crippen molar-refractivity contribution in [2.45, 2.75) is 6.61 Å². The number of methoxy groups -OCH3 is 1. The van der Waals surface area contributed by atoms with Gasteiger partial charge in [0.05, 0.1) is 10.7 Å². The van der Waals surface area contributed by atoms with E-state index in [4.69, 9.17) is 44.9 Å². The van der Waals surface area contributed by atoms with E-state index >= 15 is 0 Å². The van der Waals surface area contributed by atoms with Crippen LogP contribution in [0.1, 0.15) is 11.1 Å². The van der Waals surface area contributed by atoms with E-state index in [-0.39, 0.29) is 12.5 Å². The van der Waals surface area contributed by atoms with Crippen molar-refractivity contribution in [2.24, 2.45) is 0 Å². The molecular weight excluding hydrogens is 546 g/mol. The Labute approximate surface area is 198 Å². The summed E-state index contributed by atoms with van der Waals surface area (Å²) in [5.41, 5.74) is 2.11. The highest BCUT2D eigenvalue weighted by Crippen LogP contribution is 2.36. The largest absolute Gasteiger partial charge is 0.493 e. The number of halogens is 3. The third kappa shape index (κ3) is 4.63. The maximum atomic E-state index is 12.4. The van der Waals surface area contributed by atoms with Crippen LogP contribution in [-0.2, 0) is 11.4 Å². The smallest absolute Gasteiger partial charge is 0.276 e. The van der Waals surface area contributed by atoms with Gasteiger partial charge in [-0.15, -0.1) is 0 Å². The number of likely N-dealkylation sites (N-methyl/N-ethyl adjacent to an activating group) is 2. The SMILES string of the molecule is COc1cc(/C=C2/C(=O)N(C)C(=S)N2C)cc(I)c1OCc1ccc(Cl)cc1Cl. The first kappa shape index (κ1) is 22.1. The van der Waals surface area contributed by atoms with Gasteiger partial charge in [0, 0.05) is 29.7 Å². The molecule has 3 rings (SSSR count). The van der Waals surface area contributed by atoms with E-state index in [9.17, 15) is 4.79 Å². The Bertz CT molecular complexity index is 1030. The fourth-order valence-electron chi connectivity index (χ4n) is 2.80. The van der Waals surface area contributed by atoms with E-state index in [2.05, 4.69) is 22.6 Å². The van der Waals surface area contributed by atoms with Crippen molar-refractivity contribution in [3.8, 4) is 11.5 Å². The lowest BCUT2D eigenvalue weighted by Gasteiger charge is -2.15. The molecule has 152 valence electrons. The highest BCUT2D eigenvalue weighted by atomic mass is 127. The number of rotatable bonds is 5. The normalized spacial score (nSPS) is 15.4. The molecule has 0 spiro atoms. The quantitative estimate of drug-likeness (QED) is 0.284. The Balaban J connectivity index is 1.89. The van der Waals surface area contributed by atoms with Gasteiger partial charge in [-0.25, -0.2) is 0 Å². The van der Waals surface area contributed by atoms with Crippen molar-refractivity contribution < 1.29 is 14.3 Å². The lowest BCUT2D eigenvalue weighted by Crippen LogP contribution is -2.26. The molecule has 1 heterocycles. The fourth-order valence-corrected chi connectivity index (χ4v) is 4.22. The molecule has 29 heavy (non-hydrogen) atoms. The second-order valence-electron chi connectivity index (χ2n) is 6.29. The van der Waals surface area contributed by atoms with Gasteiger partial charge >= 0.3 is 0 Å². The maximum absolute atomic E-state index is 12.4. The van der Waals surface area contributed by atoms with E-state index in [0.29, 0.717) is 32.4 Å². The van der Waals surface area contributed by atoms with Crippen LogP contribution in [0.2, 0.25) is 10.0 Å². The van der Waals surface area contributed by atoms with Gasteiger partial charge in [0.25, 0.3) is 5.91 Å². The summed E-state index contributed by atoms with van der Waals surface area (Å²) < 4.78 is 12.3. The van der Waals surface area contributed by atoms with Crippen molar-refractivity contribution in [2.75, 3.05) is 21.2 Å². The van der Waals surface area contributed by atoms with Crippen molar-refractivity contribution in [1.29, 1.82) is 0 Å². The molecule has 1 amide bonds. The number of hydrogen-bond acceptors (Lipinski definition) is 4. The molecule has 1 aliphatic heterocycles. The molecule has 1 saturated heterocycles. The molecule has 0 unspecified atom stereocenters. The van der Waals surface area contributed by atoms with Crippen LogP contribution in [0.15, 0.2) is 36.0 Å². The van der Waals surface area contributed by atoms with Crippen molar-refractivity contribution in [1.82, 2.24) is 9.80 Å². The van der Waals surface area contributed by atoms with Gasteiger partial charge in [-0.3, -0.25) is 9.69 Å². The number of thiocarbonyl (C=S) groups is 1. The zero-order chi connectivity index (χ0) is 21.3. The van der Waals surface area contributed by atoms with E-state index in [1.165, 1.54) is 4.90 Å². The molecule has 2 aromatic rings. The topological polar surface area (TPSA) is 42.0 Å². The van der Waals surface area contributed by atoms with Crippen LogP contribution in [0.3, 0.4) is 0 Å².